The lowest BCUT2D eigenvalue weighted by Gasteiger charge is -2.27. The maximum absolute atomic E-state index is 12.4. The second-order valence-corrected chi connectivity index (χ2v) is 7.55. The Balaban J connectivity index is 1.82. The Bertz CT molecular complexity index is 593. The van der Waals surface area contributed by atoms with Gasteiger partial charge in [0.05, 0.1) is 0 Å². The van der Waals surface area contributed by atoms with Crippen molar-refractivity contribution in [2.75, 3.05) is 11.9 Å². The number of hydrogen-bond donors (Lipinski definition) is 2. The number of halogens is 1. The van der Waals surface area contributed by atoms with Gasteiger partial charge in [-0.25, -0.2) is 0 Å². The molecule has 0 spiro atoms. The molecule has 0 aliphatic heterocycles. The number of carbonyl (C=O) groups excluding carboxylic acids is 2. The average molecular weight is 351 g/mol. The van der Waals surface area contributed by atoms with Crippen LogP contribution in [0.4, 0.5) is 5.69 Å². The van der Waals surface area contributed by atoms with Crippen LogP contribution in [0.5, 0.6) is 0 Å². The molecule has 0 bridgehead atoms. The highest BCUT2D eigenvalue weighted by Crippen LogP contribution is 2.30. The average Bonchev–Trinajstić information content (AvgIpc) is 2.56. The summed E-state index contributed by atoms with van der Waals surface area (Å²) in [4.78, 5) is 24.5. The van der Waals surface area contributed by atoms with E-state index < -0.39 is 0 Å². The van der Waals surface area contributed by atoms with Crippen molar-refractivity contribution >= 4 is 29.1 Å². The molecule has 132 valence electrons. The lowest BCUT2D eigenvalue weighted by molar-refractivity contribution is -0.128. The Kier molecular flexibility index (Phi) is 6.67. The highest BCUT2D eigenvalue weighted by molar-refractivity contribution is 6.31. The summed E-state index contributed by atoms with van der Waals surface area (Å²) in [5, 5.41) is 6.58. The summed E-state index contributed by atoms with van der Waals surface area (Å²) >= 11 is 6.09. The number of nitrogens with one attached hydrogen (secondary N) is 2. The molecule has 1 saturated carbocycles. The van der Waals surface area contributed by atoms with E-state index in [1.54, 1.807) is 6.07 Å². The van der Waals surface area contributed by atoms with Gasteiger partial charge >= 0.3 is 0 Å². The van der Waals surface area contributed by atoms with Gasteiger partial charge in [0.1, 0.15) is 0 Å². The van der Waals surface area contributed by atoms with Gasteiger partial charge in [-0.15, -0.1) is 0 Å². The molecule has 5 heteroatoms. The van der Waals surface area contributed by atoms with Crippen molar-refractivity contribution in [2.45, 2.75) is 46.5 Å². The minimum absolute atomic E-state index is 0.0240. The molecule has 0 radical (unpaired) electrons. The molecule has 0 unspecified atom stereocenters. The van der Waals surface area contributed by atoms with Crippen LogP contribution in [-0.4, -0.2) is 18.4 Å². The number of carbonyl (C=O) groups is 2. The summed E-state index contributed by atoms with van der Waals surface area (Å²) in [6.45, 7) is 6.81. The Morgan fingerprint density at radius 2 is 1.71 bits per heavy atom. The number of benzene rings is 1. The Morgan fingerprint density at radius 3 is 2.25 bits per heavy atom. The van der Waals surface area contributed by atoms with Crippen LogP contribution in [0.2, 0.25) is 5.02 Å². The van der Waals surface area contributed by atoms with E-state index in [9.17, 15) is 9.59 Å². The van der Waals surface area contributed by atoms with E-state index in [1.807, 2.05) is 19.1 Å². The lowest BCUT2D eigenvalue weighted by atomic mass is 9.81. The minimum atomic E-state index is -0.0285. The summed E-state index contributed by atoms with van der Waals surface area (Å²) in [6, 6.07) is 5.54. The molecule has 0 saturated heterocycles. The summed E-state index contributed by atoms with van der Waals surface area (Å²) in [6.07, 6.45) is 3.06. The van der Waals surface area contributed by atoms with Crippen LogP contribution in [-0.2, 0) is 9.59 Å². The fourth-order valence-electron chi connectivity index (χ4n) is 2.98. The van der Waals surface area contributed by atoms with Crippen LogP contribution in [0.15, 0.2) is 18.2 Å². The first-order valence-electron chi connectivity index (χ1n) is 8.71. The van der Waals surface area contributed by atoms with Crippen LogP contribution in [0, 0.1) is 24.7 Å². The highest BCUT2D eigenvalue weighted by atomic mass is 35.5. The predicted octanol–water partition coefficient (Wildman–Crippen LogP) is 4.17. The summed E-state index contributed by atoms with van der Waals surface area (Å²) in [7, 11) is 0. The van der Waals surface area contributed by atoms with E-state index in [4.69, 9.17) is 11.6 Å². The van der Waals surface area contributed by atoms with Crippen molar-refractivity contribution in [2.24, 2.45) is 17.8 Å². The van der Waals surface area contributed by atoms with Crippen LogP contribution < -0.4 is 10.6 Å². The van der Waals surface area contributed by atoms with E-state index in [1.165, 1.54) is 0 Å². The third-order valence-corrected chi connectivity index (χ3v) is 5.00. The Morgan fingerprint density at radius 1 is 1.12 bits per heavy atom. The predicted molar refractivity (Wildman–Crippen MR) is 98.1 cm³/mol. The SMILES string of the molecule is Cc1ccc(NC(=O)C2CCC(C(=O)NCC(C)C)CC2)cc1Cl. The van der Waals surface area contributed by atoms with Gasteiger partial charge in [0, 0.05) is 29.1 Å². The molecule has 0 atom stereocenters. The van der Waals surface area contributed by atoms with Gasteiger partial charge in [0.15, 0.2) is 0 Å². The van der Waals surface area contributed by atoms with Gasteiger partial charge in [0.25, 0.3) is 0 Å². The normalized spacial score (nSPS) is 20.7. The van der Waals surface area contributed by atoms with Gasteiger partial charge in [-0.3, -0.25) is 9.59 Å². The molecular formula is C19H27ClN2O2. The molecule has 2 N–H and O–H groups in total. The van der Waals surface area contributed by atoms with Crippen LogP contribution in [0.3, 0.4) is 0 Å². The van der Waals surface area contributed by atoms with Gasteiger partial charge < -0.3 is 10.6 Å². The summed E-state index contributed by atoms with van der Waals surface area (Å²) in [5.41, 5.74) is 1.72. The number of aryl methyl sites for hydroxylation is 1. The molecule has 1 aliphatic rings. The van der Waals surface area contributed by atoms with Crippen LogP contribution in [0.1, 0.15) is 45.1 Å². The maximum Gasteiger partial charge on any atom is 0.227 e. The number of rotatable bonds is 5. The fraction of sp³-hybridized carbons (Fsp3) is 0.579. The lowest BCUT2D eigenvalue weighted by Crippen LogP contribution is -2.37. The van der Waals surface area contributed by atoms with Crippen molar-refractivity contribution in [1.29, 1.82) is 0 Å². The largest absolute Gasteiger partial charge is 0.356 e. The first-order chi connectivity index (χ1) is 11.4. The van der Waals surface area contributed by atoms with E-state index in [-0.39, 0.29) is 23.7 Å². The number of amides is 2. The van der Waals surface area contributed by atoms with Gasteiger partial charge in [-0.2, -0.15) is 0 Å². The van der Waals surface area contributed by atoms with Crippen molar-refractivity contribution < 1.29 is 9.59 Å². The van der Waals surface area contributed by atoms with Crippen LogP contribution >= 0.6 is 11.6 Å². The molecule has 2 amide bonds. The van der Waals surface area contributed by atoms with Gasteiger partial charge in [-0.05, 0) is 56.2 Å². The molecule has 1 aromatic carbocycles. The monoisotopic (exact) mass is 350 g/mol. The second-order valence-electron chi connectivity index (χ2n) is 7.14. The topological polar surface area (TPSA) is 58.2 Å². The molecule has 0 aromatic heterocycles. The Hall–Kier alpha value is -1.55. The smallest absolute Gasteiger partial charge is 0.227 e. The molecule has 4 nitrogen and oxygen atoms in total. The van der Waals surface area contributed by atoms with E-state index in [0.29, 0.717) is 17.5 Å². The molecular weight excluding hydrogens is 324 g/mol. The summed E-state index contributed by atoms with van der Waals surface area (Å²) in [5.74, 6) is 0.627. The van der Waals surface area contributed by atoms with Crippen LogP contribution in [0.25, 0.3) is 0 Å². The first kappa shape index (κ1) is 18.8. The van der Waals surface area contributed by atoms with Crippen molar-refractivity contribution in [1.82, 2.24) is 5.32 Å². The quantitative estimate of drug-likeness (QED) is 0.837. The zero-order valence-corrected chi connectivity index (χ0v) is 15.5. The third-order valence-electron chi connectivity index (χ3n) is 4.59. The summed E-state index contributed by atoms with van der Waals surface area (Å²) < 4.78 is 0. The van der Waals surface area contributed by atoms with Crippen molar-refractivity contribution in [3.63, 3.8) is 0 Å². The van der Waals surface area contributed by atoms with E-state index in [0.717, 1.165) is 36.9 Å². The Labute approximate surface area is 149 Å². The first-order valence-corrected chi connectivity index (χ1v) is 9.09. The zero-order valence-electron chi connectivity index (χ0n) is 14.7. The van der Waals surface area contributed by atoms with E-state index >= 15 is 0 Å². The van der Waals surface area contributed by atoms with Gasteiger partial charge in [0.2, 0.25) is 11.8 Å². The standard InChI is InChI=1S/C19H27ClN2O2/c1-12(2)11-21-18(23)14-5-7-15(8-6-14)19(24)22-16-9-4-13(3)17(20)10-16/h4,9-10,12,14-15H,5-8,11H2,1-3H3,(H,21,23)(H,22,24). The molecule has 1 aliphatic carbocycles. The second kappa shape index (κ2) is 8.52. The van der Waals surface area contributed by atoms with E-state index in [2.05, 4.69) is 24.5 Å². The van der Waals surface area contributed by atoms with Gasteiger partial charge in [-0.1, -0.05) is 31.5 Å². The zero-order chi connectivity index (χ0) is 17.7. The minimum Gasteiger partial charge on any atom is -0.356 e. The maximum atomic E-state index is 12.4. The number of anilines is 1. The highest BCUT2D eigenvalue weighted by Gasteiger charge is 2.29. The molecule has 1 fully saturated rings. The molecule has 0 heterocycles. The molecule has 2 rings (SSSR count). The molecule has 1 aromatic rings. The van der Waals surface area contributed by atoms with Crippen molar-refractivity contribution in [3.8, 4) is 0 Å². The third kappa shape index (κ3) is 5.23. The number of hydrogen-bond acceptors (Lipinski definition) is 2. The fourth-order valence-corrected chi connectivity index (χ4v) is 3.16. The van der Waals surface area contributed by atoms with Crippen molar-refractivity contribution in [3.05, 3.63) is 28.8 Å². The molecule has 24 heavy (non-hydrogen) atoms.